The van der Waals surface area contributed by atoms with Crippen molar-refractivity contribution in [2.75, 3.05) is 27.3 Å². The zero-order valence-corrected chi connectivity index (χ0v) is 18.5. The van der Waals surface area contributed by atoms with Gasteiger partial charge in [0.05, 0.1) is 7.11 Å². The minimum Gasteiger partial charge on any atom is -0.493 e. The summed E-state index contributed by atoms with van der Waals surface area (Å²) in [4.78, 5) is 4.17. The number of guanidine groups is 1. The van der Waals surface area contributed by atoms with Gasteiger partial charge < -0.3 is 20.1 Å². The summed E-state index contributed by atoms with van der Waals surface area (Å²) in [6, 6.07) is 4.81. The number of halogens is 4. The number of aliphatic imine (C=N–C) groups is 1. The van der Waals surface area contributed by atoms with E-state index >= 15 is 0 Å². The Bertz CT molecular complexity index is 579. The molecule has 0 aliphatic carbocycles. The molecule has 9 heteroatoms. The zero-order valence-electron chi connectivity index (χ0n) is 16.2. The summed E-state index contributed by atoms with van der Waals surface area (Å²) in [7, 11) is 3.08. The Morgan fingerprint density at radius 1 is 1.15 bits per heavy atom. The molecule has 1 aromatic rings. The predicted octanol–water partition coefficient (Wildman–Crippen LogP) is 4.36. The zero-order chi connectivity index (χ0) is 19.6. The van der Waals surface area contributed by atoms with Crippen LogP contribution < -0.4 is 20.1 Å². The molecule has 0 saturated heterocycles. The minimum atomic E-state index is -4.39. The highest BCUT2D eigenvalue weighted by molar-refractivity contribution is 14.0. The molecule has 1 aromatic carbocycles. The summed E-state index contributed by atoms with van der Waals surface area (Å²) < 4.78 is 46.8. The molecule has 27 heavy (non-hydrogen) atoms. The van der Waals surface area contributed by atoms with Crippen LogP contribution in [0, 0.1) is 5.92 Å². The van der Waals surface area contributed by atoms with Gasteiger partial charge in [0, 0.05) is 20.1 Å². The van der Waals surface area contributed by atoms with Crippen molar-refractivity contribution in [3.8, 4) is 11.5 Å². The number of alkyl halides is 3. The standard InChI is InChI=1S/C18H28F3N3O2.HI/c1-5-13(6-2)10-23-17(22-3)24-11-14-7-8-15(16(9-14)25-4)26-12-18(19,20)21;/h7-9,13H,5-6,10-12H2,1-4H3,(H2,22,23,24);1H. The van der Waals surface area contributed by atoms with Crippen LogP contribution in [0.5, 0.6) is 11.5 Å². The second-order valence-corrected chi connectivity index (χ2v) is 5.88. The second-order valence-electron chi connectivity index (χ2n) is 5.88. The molecule has 0 radical (unpaired) electrons. The van der Waals surface area contributed by atoms with Crippen LogP contribution in [0.15, 0.2) is 23.2 Å². The quantitative estimate of drug-likeness (QED) is 0.299. The molecule has 0 saturated carbocycles. The number of hydrogen-bond acceptors (Lipinski definition) is 3. The van der Waals surface area contributed by atoms with Crippen LogP contribution in [0.4, 0.5) is 13.2 Å². The molecular weight excluding hydrogens is 474 g/mol. The lowest BCUT2D eigenvalue weighted by Crippen LogP contribution is -2.39. The lowest BCUT2D eigenvalue weighted by Gasteiger charge is -2.17. The van der Waals surface area contributed by atoms with Crippen molar-refractivity contribution in [2.45, 2.75) is 39.4 Å². The van der Waals surface area contributed by atoms with Crippen molar-refractivity contribution >= 4 is 29.9 Å². The van der Waals surface area contributed by atoms with Crippen LogP contribution in [0.2, 0.25) is 0 Å². The smallest absolute Gasteiger partial charge is 0.422 e. The van der Waals surface area contributed by atoms with Gasteiger partial charge in [-0.25, -0.2) is 0 Å². The van der Waals surface area contributed by atoms with E-state index in [4.69, 9.17) is 9.47 Å². The number of benzene rings is 1. The van der Waals surface area contributed by atoms with Gasteiger partial charge in [-0.15, -0.1) is 24.0 Å². The number of ether oxygens (including phenoxy) is 2. The van der Waals surface area contributed by atoms with Crippen LogP contribution in [0.1, 0.15) is 32.3 Å². The van der Waals surface area contributed by atoms with E-state index in [2.05, 4.69) is 29.5 Å². The average molecular weight is 503 g/mol. The first kappa shape index (κ1) is 25.6. The highest BCUT2D eigenvalue weighted by Crippen LogP contribution is 2.29. The van der Waals surface area contributed by atoms with Gasteiger partial charge in [-0.05, 0) is 23.6 Å². The molecule has 0 aromatic heterocycles. The van der Waals surface area contributed by atoms with E-state index in [1.54, 1.807) is 19.2 Å². The molecule has 0 atom stereocenters. The summed E-state index contributed by atoms with van der Waals surface area (Å²) >= 11 is 0. The summed E-state index contributed by atoms with van der Waals surface area (Å²) in [5.41, 5.74) is 0.840. The van der Waals surface area contributed by atoms with Gasteiger partial charge in [0.25, 0.3) is 0 Å². The SMILES string of the molecule is CCC(CC)CNC(=NC)NCc1ccc(OCC(F)(F)F)c(OC)c1.I. The number of methoxy groups -OCH3 is 1. The van der Waals surface area contributed by atoms with E-state index in [1.807, 2.05) is 0 Å². The Morgan fingerprint density at radius 2 is 1.81 bits per heavy atom. The van der Waals surface area contributed by atoms with Gasteiger partial charge >= 0.3 is 6.18 Å². The maximum absolute atomic E-state index is 12.3. The molecule has 1 rings (SSSR count). The van der Waals surface area contributed by atoms with Crippen molar-refractivity contribution in [1.82, 2.24) is 10.6 Å². The maximum Gasteiger partial charge on any atom is 0.422 e. The van der Waals surface area contributed by atoms with Gasteiger partial charge in [-0.2, -0.15) is 13.2 Å². The lowest BCUT2D eigenvalue weighted by atomic mass is 10.0. The fourth-order valence-electron chi connectivity index (χ4n) is 2.33. The Morgan fingerprint density at radius 3 is 2.33 bits per heavy atom. The summed E-state index contributed by atoms with van der Waals surface area (Å²) in [5.74, 6) is 1.57. The number of rotatable bonds is 9. The first-order chi connectivity index (χ1) is 12.3. The van der Waals surface area contributed by atoms with E-state index in [0.717, 1.165) is 24.9 Å². The third-order valence-electron chi connectivity index (χ3n) is 4.02. The van der Waals surface area contributed by atoms with Crippen LogP contribution >= 0.6 is 24.0 Å². The highest BCUT2D eigenvalue weighted by atomic mass is 127. The van der Waals surface area contributed by atoms with Gasteiger partial charge in [0.1, 0.15) is 0 Å². The molecule has 0 spiro atoms. The Balaban J connectivity index is 0.00000676. The van der Waals surface area contributed by atoms with Crippen molar-refractivity contribution < 1.29 is 22.6 Å². The van der Waals surface area contributed by atoms with E-state index in [1.165, 1.54) is 13.2 Å². The molecule has 0 heterocycles. The van der Waals surface area contributed by atoms with E-state index in [9.17, 15) is 13.2 Å². The van der Waals surface area contributed by atoms with Crippen LogP contribution in [0.3, 0.4) is 0 Å². The number of nitrogens with one attached hydrogen (secondary N) is 2. The number of hydrogen-bond donors (Lipinski definition) is 2. The molecule has 0 aliphatic heterocycles. The molecule has 5 nitrogen and oxygen atoms in total. The maximum atomic E-state index is 12.3. The molecule has 0 fully saturated rings. The molecule has 0 aliphatic rings. The van der Waals surface area contributed by atoms with Crippen molar-refractivity contribution in [3.05, 3.63) is 23.8 Å². The molecule has 0 bridgehead atoms. The first-order valence-corrected chi connectivity index (χ1v) is 8.63. The van der Waals surface area contributed by atoms with Gasteiger partial charge in [0.15, 0.2) is 24.1 Å². The largest absolute Gasteiger partial charge is 0.493 e. The van der Waals surface area contributed by atoms with Crippen molar-refractivity contribution in [3.63, 3.8) is 0 Å². The van der Waals surface area contributed by atoms with Gasteiger partial charge in [-0.3, -0.25) is 4.99 Å². The molecule has 2 N–H and O–H groups in total. The van der Waals surface area contributed by atoms with Crippen molar-refractivity contribution in [2.24, 2.45) is 10.9 Å². The average Bonchev–Trinajstić information content (AvgIpc) is 2.62. The summed E-state index contributed by atoms with van der Waals surface area (Å²) in [6.07, 6.45) is -2.20. The fourth-order valence-corrected chi connectivity index (χ4v) is 2.33. The third kappa shape index (κ3) is 9.92. The van der Waals surface area contributed by atoms with E-state index < -0.39 is 12.8 Å². The Hall–Kier alpha value is -1.39. The van der Waals surface area contributed by atoms with Crippen LogP contribution in [-0.2, 0) is 6.54 Å². The van der Waals surface area contributed by atoms with E-state index in [-0.39, 0.29) is 35.5 Å². The molecule has 156 valence electrons. The predicted molar refractivity (Wildman–Crippen MR) is 112 cm³/mol. The van der Waals surface area contributed by atoms with Gasteiger partial charge in [0.2, 0.25) is 0 Å². The van der Waals surface area contributed by atoms with Crippen LogP contribution in [-0.4, -0.2) is 39.4 Å². The van der Waals surface area contributed by atoms with Crippen molar-refractivity contribution in [1.29, 1.82) is 0 Å². The van der Waals surface area contributed by atoms with Crippen LogP contribution in [0.25, 0.3) is 0 Å². The molecule has 0 amide bonds. The first-order valence-electron chi connectivity index (χ1n) is 8.63. The lowest BCUT2D eigenvalue weighted by molar-refractivity contribution is -0.153. The van der Waals surface area contributed by atoms with E-state index in [0.29, 0.717) is 18.4 Å². The Kier molecular flexibility index (Phi) is 12.2. The summed E-state index contributed by atoms with van der Waals surface area (Å²) in [5, 5.41) is 6.46. The van der Waals surface area contributed by atoms with Gasteiger partial charge in [-0.1, -0.05) is 32.8 Å². The monoisotopic (exact) mass is 503 g/mol. The number of nitrogens with zero attached hydrogens (tertiary/aromatic N) is 1. The topological polar surface area (TPSA) is 54.9 Å². The fraction of sp³-hybridized carbons (Fsp3) is 0.611. The minimum absolute atomic E-state index is 0. The molecule has 0 unspecified atom stereocenters. The summed E-state index contributed by atoms with van der Waals surface area (Å²) in [6.45, 7) is 4.24. The second kappa shape index (κ2) is 12.9. The third-order valence-corrected chi connectivity index (χ3v) is 4.02. The Labute approximate surface area is 176 Å². The molecular formula is C18H29F3IN3O2. The highest BCUT2D eigenvalue weighted by Gasteiger charge is 2.29. The normalized spacial score (nSPS) is 11.8.